The molecule has 1 aromatic rings. The molecule has 3 N–H and O–H groups in total. The first kappa shape index (κ1) is 12.7. The topological polar surface area (TPSA) is 55.1 Å². The summed E-state index contributed by atoms with van der Waals surface area (Å²) in [6, 6.07) is 5.99. The van der Waals surface area contributed by atoms with Crippen LogP contribution in [0.15, 0.2) is 18.2 Å². The van der Waals surface area contributed by atoms with Crippen LogP contribution in [-0.4, -0.2) is 12.5 Å². The SMILES string of the molecule is CCNC(C)(C(N)=O)c1ccc(C)c(C)c1. The minimum Gasteiger partial charge on any atom is -0.368 e. The molecule has 1 rings (SSSR count). The van der Waals surface area contributed by atoms with E-state index in [1.807, 2.05) is 45.9 Å². The summed E-state index contributed by atoms with van der Waals surface area (Å²) >= 11 is 0. The molecular formula is C13H20N2O. The van der Waals surface area contributed by atoms with Crippen molar-refractivity contribution in [1.29, 1.82) is 0 Å². The van der Waals surface area contributed by atoms with Crippen LogP contribution in [0.5, 0.6) is 0 Å². The van der Waals surface area contributed by atoms with Gasteiger partial charge in [-0.05, 0) is 44.0 Å². The van der Waals surface area contributed by atoms with Crippen LogP contribution in [0.4, 0.5) is 0 Å². The van der Waals surface area contributed by atoms with Crippen LogP contribution in [-0.2, 0) is 10.3 Å². The molecule has 3 nitrogen and oxygen atoms in total. The lowest BCUT2D eigenvalue weighted by Crippen LogP contribution is -2.50. The lowest BCUT2D eigenvalue weighted by Gasteiger charge is -2.28. The molecule has 1 aromatic carbocycles. The van der Waals surface area contributed by atoms with E-state index < -0.39 is 5.54 Å². The fourth-order valence-corrected chi connectivity index (χ4v) is 1.74. The van der Waals surface area contributed by atoms with E-state index in [1.165, 1.54) is 11.1 Å². The quantitative estimate of drug-likeness (QED) is 0.810. The van der Waals surface area contributed by atoms with E-state index in [2.05, 4.69) is 5.32 Å². The van der Waals surface area contributed by atoms with E-state index >= 15 is 0 Å². The molecule has 88 valence electrons. The summed E-state index contributed by atoms with van der Waals surface area (Å²) in [6.07, 6.45) is 0. The fourth-order valence-electron chi connectivity index (χ4n) is 1.74. The zero-order valence-corrected chi connectivity index (χ0v) is 10.4. The predicted octanol–water partition coefficient (Wildman–Crippen LogP) is 1.61. The summed E-state index contributed by atoms with van der Waals surface area (Å²) in [4.78, 5) is 11.6. The molecule has 0 heterocycles. The summed E-state index contributed by atoms with van der Waals surface area (Å²) < 4.78 is 0. The van der Waals surface area contributed by atoms with Crippen LogP contribution in [0.3, 0.4) is 0 Å². The third-order valence-corrected chi connectivity index (χ3v) is 3.11. The summed E-state index contributed by atoms with van der Waals surface area (Å²) in [5.41, 5.74) is 8.00. The number of aryl methyl sites for hydroxylation is 2. The Kier molecular flexibility index (Phi) is 3.70. The monoisotopic (exact) mass is 220 g/mol. The van der Waals surface area contributed by atoms with Gasteiger partial charge in [0.1, 0.15) is 5.54 Å². The maximum Gasteiger partial charge on any atom is 0.242 e. The van der Waals surface area contributed by atoms with Crippen LogP contribution in [0.1, 0.15) is 30.5 Å². The minimum absolute atomic E-state index is 0.349. The Morgan fingerprint density at radius 2 is 2.00 bits per heavy atom. The van der Waals surface area contributed by atoms with Gasteiger partial charge < -0.3 is 11.1 Å². The molecule has 1 atom stereocenters. The Labute approximate surface area is 97.0 Å². The highest BCUT2D eigenvalue weighted by Crippen LogP contribution is 2.22. The van der Waals surface area contributed by atoms with Gasteiger partial charge in [-0.2, -0.15) is 0 Å². The number of carbonyl (C=O) groups is 1. The van der Waals surface area contributed by atoms with Gasteiger partial charge in [-0.15, -0.1) is 0 Å². The van der Waals surface area contributed by atoms with Crippen LogP contribution in [0.25, 0.3) is 0 Å². The van der Waals surface area contributed by atoms with Gasteiger partial charge in [-0.3, -0.25) is 4.79 Å². The molecule has 0 spiro atoms. The molecule has 0 bridgehead atoms. The first-order valence-electron chi connectivity index (χ1n) is 5.54. The van der Waals surface area contributed by atoms with Gasteiger partial charge in [0.25, 0.3) is 0 Å². The molecule has 1 unspecified atom stereocenters. The highest BCUT2D eigenvalue weighted by molar-refractivity contribution is 5.85. The molecule has 0 aliphatic heterocycles. The Morgan fingerprint density at radius 1 is 1.38 bits per heavy atom. The number of primary amides is 1. The van der Waals surface area contributed by atoms with Crippen molar-refractivity contribution >= 4 is 5.91 Å². The zero-order valence-electron chi connectivity index (χ0n) is 10.4. The predicted molar refractivity (Wildman–Crippen MR) is 66.1 cm³/mol. The largest absolute Gasteiger partial charge is 0.368 e. The number of rotatable bonds is 4. The Morgan fingerprint density at radius 3 is 2.44 bits per heavy atom. The highest BCUT2D eigenvalue weighted by atomic mass is 16.1. The number of likely N-dealkylation sites (N-methyl/N-ethyl adjacent to an activating group) is 1. The number of nitrogens with two attached hydrogens (primary N) is 1. The van der Waals surface area contributed by atoms with Gasteiger partial charge in [0.05, 0.1) is 0 Å². The molecule has 0 aromatic heterocycles. The lowest BCUT2D eigenvalue weighted by molar-refractivity contribution is -0.124. The Balaban J connectivity index is 3.21. The zero-order chi connectivity index (χ0) is 12.3. The molecule has 0 fully saturated rings. The average molecular weight is 220 g/mol. The van der Waals surface area contributed by atoms with Gasteiger partial charge in [0, 0.05) is 0 Å². The second kappa shape index (κ2) is 4.66. The Bertz CT molecular complexity index is 401. The molecule has 0 radical (unpaired) electrons. The van der Waals surface area contributed by atoms with Crippen molar-refractivity contribution in [3.05, 3.63) is 34.9 Å². The van der Waals surface area contributed by atoms with E-state index in [0.29, 0.717) is 6.54 Å². The van der Waals surface area contributed by atoms with Gasteiger partial charge in [0.15, 0.2) is 0 Å². The van der Waals surface area contributed by atoms with E-state index in [9.17, 15) is 4.79 Å². The molecule has 1 amide bonds. The summed E-state index contributed by atoms with van der Waals surface area (Å²) in [5.74, 6) is -0.349. The van der Waals surface area contributed by atoms with Crippen molar-refractivity contribution in [2.45, 2.75) is 33.2 Å². The second-order valence-corrected chi connectivity index (χ2v) is 4.32. The summed E-state index contributed by atoms with van der Waals surface area (Å²) in [7, 11) is 0. The smallest absolute Gasteiger partial charge is 0.242 e. The molecule has 0 saturated carbocycles. The van der Waals surface area contributed by atoms with Gasteiger partial charge >= 0.3 is 0 Å². The van der Waals surface area contributed by atoms with Crippen LogP contribution in [0, 0.1) is 13.8 Å². The van der Waals surface area contributed by atoms with Crippen LogP contribution >= 0.6 is 0 Å². The molecular weight excluding hydrogens is 200 g/mol. The average Bonchev–Trinajstić information content (AvgIpc) is 2.22. The summed E-state index contributed by atoms with van der Waals surface area (Å²) in [6.45, 7) is 8.57. The van der Waals surface area contributed by atoms with E-state index in [4.69, 9.17) is 5.73 Å². The van der Waals surface area contributed by atoms with E-state index in [1.54, 1.807) is 0 Å². The number of hydrogen-bond acceptors (Lipinski definition) is 2. The number of amides is 1. The van der Waals surface area contributed by atoms with Crippen molar-refractivity contribution in [3.63, 3.8) is 0 Å². The third-order valence-electron chi connectivity index (χ3n) is 3.11. The van der Waals surface area contributed by atoms with Gasteiger partial charge in [0.2, 0.25) is 5.91 Å². The first-order chi connectivity index (χ1) is 7.41. The van der Waals surface area contributed by atoms with Gasteiger partial charge in [-0.25, -0.2) is 0 Å². The standard InChI is InChI=1S/C13H20N2O/c1-5-15-13(4,12(14)16)11-7-6-9(2)10(3)8-11/h6-8,15H,5H2,1-4H3,(H2,14,16). The number of hydrogen-bond donors (Lipinski definition) is 2. The number of carbonyl (C=O) groups excluding carboxylic acids is 1. The maximum atomic E-state index is 11.6. The van der Waals surface area contributed by atoms with Gasteiger partial charge in [-0.1, -0.05) is 25.1 Å². The van der Waals surface area contributed by atoms with E-state index in [-0.39, 0.29) is 5.91 Å². The Hall–Kier alpha value is -1.35. The number of nitrogens with one attached hydrogen (secondary N) is 1. The molecule has 0 aliphatic carbocycles. The van der Waals surface area contributed by atoms with E-state index in [0.717, 1.165) is 5.56 Å². The lowest BCUT2D eigenvalue weighted by atomic mass is 9.89. The van der Waals surface area contributed by atoms with Crippen LogP contribution in [0.2, 0.25) is 0 Å². The van der Waals surface area contributed by atoms with Crippen molar-refractivity contribution in [2.24, 2.45) is 5.73 Å². The third kappa shape index (κ3) is 2.25. The molecule has 16 heavy (non-hydrogen) atoms. The molecule has 0 aliphatic rings. The second-order valence-electron chi connectivity index (χ2n) is 4.32. The van der Waals surface area contributed by atoms with Crippen molar-refractivity contribution in [3.8, 4) is 0 Å². The normalized spacial score (nSPS) is 14.5. The fraction of sp³-hybridized carbons (Fsp3) is 0.462. The first-order valence-corrected chi connectivity index (χ1v) is 5.54. The van der Waals surface area contributed by atoms with Crippen molar-refractivity contribution < 1.29 is 4.79 Å². The summed E-state index contributed by atoms with van der Waals surface area (Å²) in [5, 5.41) is 3.15. The molecule has 0 saturated heterocycles. The highest BCUT2D eigenvalue weighted by Gasteiger charge is 2.32. The van der Waals surface area contributed by atoms with Crippen molar-refractivity contribution in [2.75, 3.05) is 6.54 Å². The minimum atomic E-state index is -0.785. The number of benzene rings is 1. The van der Waals surface area contributed by atoms with Crippen LogP contribution < -0.4 is 11.1 Å². The van der Waals surface area contributed by atoms with Crippen molar-refractivity contribution in [1.82, 2.24) is 5.32 Å². The molecule has 3 heteroatoms. The maximum absolute atomic E-state index is 11.6.